The third-order valence-electron chi connectivity index (χ3n) is 2.80. The van der Waals surface area contributed by atoms with Crippen molar-refractivity contribution in [3.05, 3.63) is 53.0 Å². The first kappa shape index (κ1) is 15.0. The van der Waals surface area contributed by atoms with Gasteiger partial charge in [-0.3, -0.25) is 0 Å². The molecule has 0 saturated heterocycles. The minimum absolute atomic E-state index is 0.122. The third-order valence-corrected chi connectivity index (χ3v) is 7.74. The fraction of sp³-hybridized carbons (Fsp3) is 0.231. The Morgan fingerprint density at radius 2 is 1.72 bits per heavy atom. The molecule has 0 fully saturated rings. The molecule has 0 aliphatic heterocycles. The molecule has 1 aromatic carbocycles. The smallest absolute Gasteiger partial charge is 0.0843 e. The highest BCUT2D eigenvalue weighted by molar-refractivity contribution is 9.13. The minimum Gasteiger partial charge on any atom is -0.131 e. The molecule has 0 aliphatic rings. The average molecular weight is 473 g/mol. The van der Waals surface area contributed by atoms with Crippen LogP contribution in [0.3, 0.4) is 0 Å². The van der Waals surface area contributed by atoms with E-state index in [1.807, 2.05) is 6.07 Å². The topological polar surface area (TPSA) is 0 Å². The molecule has 1 unspecified atom stereocenters. The Balaban J connectivity index is 2.45. The van der Waals surface area contributed by atoms with Crippen molar-refractivity contribution >= 4 is 70.7 Å². The van der Waals surface area contributed by atoms with Crippen LogP contribution in [0.4, 0.5) is 0 Å². The number of alkyl halides is 1. The Morgan fingerprint density at radius 3 is 2.28 bits per heavy atom. The van der Waals surface area contributed by atoms with Crippen molar-refractivity contribution in [2.75, 3.05) is 0 Å². The highest BCUT2D eigenvalue weighted by Crippen LogP contribution is 2.43. The number of rotatable bonds is 2. The van der Waals surface area contributed by atoms with E-state index in [1.165, 1.54) is 16.0 Å². The van der Waals surface area contributed by atoms with Crippen molar-refractivity contribution in [3.63, 3.8) is 0 Å². The third kappa shape index (κ3) is 3.04. The molecule has 0 bridgehead atoms. The van der Waals surface area contributed by atoms with Crippen molar-refractivity contribution in [3.8, 4) is 0 Å². The van der Waals surface area contributed by atoms with E-state index in [1.54, 1.807) is 11.3 Å². The van der Waals surface area contributed by atoms with Crippen LogP contribution in [0, 0.1) is 13.8 Å². The number of thiophene rings is 1. The zero-order chi connectivity index (χ0) is 13.4. The molecule has 0 radical (unpaired) electrons. The summed E-state index contributed by atoms with van der Waals surface area (Å²) in [7, 11) is 0. The van der Waals surface area contributed by atoms with Gasteiger partial charge in [-0.2, -0.15) is 0 Å². The number of hydrogen-bond donors (Lipinski definition) is 0. The Morgan fingerprint density at radius 1 is 1.11 bits per heavy atom. The average Bonchev–Trinajstić information content (AvgIpc) is 2.63. The fourth-order valence-electron chi connectivity index (χ4n) is 1.64. The molecule has 5 heteroatoms. The van der Waals surface area contributed by atoms with Crippen LogP contribution in [0.25, 0.3) is 0 Å². The maximum absolute atomic E-state index is 6.34. The van der Waals surface area contributed by atoms with Gasteiger partial charge in [0.05, 0.1) is 8.61 Å². The summed E-state index contributed by atoms with van der Waals surface area (Å²) in [4.78, 5) is 1.34. The van der Waals surface area contributed by atoms with Crippen LogP contribution in [0.15, 0.2) is 26.5 Å². The van der Waals surface area contributed by atoms with E-state index in [-0.39, 0.29) is 4.83 Å². The summed E-state index contributed by atoms with van der Waals surface area (Å²) in [6, 6.07) is 6.29. The SMILES string of the molecule is Cc1cc(Cl)c(C(Br)c2cc(Br)c(Br)s2)cc1C. The molecule has 2 aromatic rings. The number of benzene rings is 1. The van der Waals surface area contributed by atoms with Crippen molar-refractivity contribution in [1.82, 2.24) is 0 Å². The van der Waals surface area contributed by atoms with Gasteiger partial charge in [0.2, 0.25) is 0 Å². The van der Waals surface area contributed by atoms with Crippen molar-refractivity contribution in [2.24, 2.45) is 0 Å². The summed E-state index contributed by atoms with van der Waals surface area (Å²) in [5.74, 6) is 0. The van der Waals surface area contributed by atoms with E-state index >= 15 is 0 Å². The lowest BCUT2D eigenvalue weighted by Crippen LogP contribution is -1.94. The summed E-state index contributed by atoms with van der Waals surface area (Å²) in [5, 5.41) is 0.806. The normalized spacial score (nSPS) is 12.8. The van der Waals surface area contributed by atoms with E-state index in [4.69, 9.17) is 11.6 Å². The van der Waals surface area contributed by atoms with Gasteiger partial charge in [-0.15, -0.1) is 11.3 Å². The Labute approximate surface area is 141 Å². The molecule has 0 spiro atoms. The van der Waals surface area contributed by atoms with Crippen LogP contribution in [-0.2, 0) is 0 Å². The molecule has 0 nitrogen and oxygen atoms in total. The number of hydrogen-bond acceptors (Lipinski definition) is 1. The summed E-state index contributed by atoms with van der Waals surface area (Å²) >= 11 is 18.8. The maximum atomic E-state index is 6.34. The molecule has 0 saturated carbocycles. The molecule has 18 heavy (non-hydrogen) atoms. The van der Waals surface area contributed by atoms with E-state index in [0.29, 0.717) is 0 Å². The van der Waals surface area contributed by atoms with Gasteiger partial charge in [0.15, 0.2) is 0 Å². The van der Waals surface area contributed by atoms with Gasteiger partial charge >= 0.3 is 0 Å². The largest absolute Gasteiger partial charge is 0.131 e. The lowest BCUT2D eigenvalue weighted by atomic mass is 10.0. The predicted octanol–water partition coefficient (Wildman–Crippen LogP) is 7.03. The van der Waals surface area contributed by atoms with Crippen molar-refractivity contribution in [1.29, 1.82) is 0 Å². The van der Waals surface area contributed by atoms with Gasteiger partial charge in [-0.1, -0.05) is 33.6 Å². The molecule has 0 N–H and O–H groups in total. The molecule has 0 amide bonds. The van der Waals surface area contributed by atoms with Crippen LogP contribution in [0.2, 0.25) is 5.02 Å². The summed E-state index contributed by atoms with van der Waals surface area (Å²) < 4.78 is 2.17. The number of halogens is 4. The van der Waals surface area contributed by atoms with E-state index in [0.717, 1.165) is 18.8 Å². The first-order valence-electron chi connectivity index (χ1n) is 5.25. The van der Waals surface area contributed by atoms with Crippen LogP contribution < -0.4 is 0 Å². The number of aryl methyl sites for hydroxylation is 2. The molecule has 1 aromatic heterocycles. The van der Waals surface area contributed by atoms with Crippen molar-refractivity contribution < 1.29 is 0 Å². The van der Waals surface area contributed by atoms with Gasteiger partial charge in [-0.25, -0.2) is 0 Å². The predicted molar refractivity (Wildman–Crippen MR) is 91.4 cm³/mol. The summed E-state index contributed by atoms with van der Waals surface area (Å²) in [6.45, 7) is 4.18. The van der Waals surface area contributed by atoms with E-state index in [2.05, 4.69) is 73.8 Å². The second-order valence-electron chi connectivity index (χ2n) is 4.09. The second-order valence-corrected chi connectivity index (χ2v) is 8.67. The Kier molecular flexibility index (Phi) is 4.98. The molecular weight excluding hydrogens is 463 g/mol. The highest BCUT2D eigenvalue weighted by atomic mass is 79.9. The fourth-order valence-corrected chi connectivity index (χ4v) is 4.98. The molecule has 1 atom stereocenters. The van der Waals surface area contributed by atoms with E-state index in [9.17, 15) is 0 Å². The van der Waals surface area contributed by atoms with Gasteiger partial charge < -0.3 is 0 Å². The van der Waals surface area contributed by atoms with Crippen LogP contribution >= 0.6 is 70.7 Å². The lowest BCUT2D eigenvalue weighted by Gasteiger charge is -2.13. The molecular formula is C13H10Br3ClS. The standard InChI is InChI=1S/C13H10Br3ClS/c1-6-3-8(10(17)4-7(6)2)12(15)11-5-9(14)13(16)18-11/h3-5,12H,1-2H3. The summed E-state index contributed by atoms with van der Waals surface area (Å²) in [6.07, 6.45) is 0. The van der Waals surface area contributed by atoms with Gasteiger partial charge in [0, 0.05) is 14.4 Å². The molecule has 1 heterocycles. The monoisotopic (exact) mass is 470 g/mol. The van der Waals surface area contributed by atoms with Crippen molar-refractivity contribution in [2.45, 2.75) is 18.7 Å². The van der Waals surface area contributed by atoms with Gasteiger partial charge in [-0.05, 0) is 74.5 Å². The Bertz CT molecular complexity index is 573. The van der Waals surface area contributed by atoms with E-state index < -0.39 is 0 Å². The van der Waals surface area contributed by atoms with Crippen LogP contribution in [0.5, 0.6) is 0 Å². The zero-order valence-electron chi connectivity index (χ0n) is 9.73. The molecule has 2 rings (SSSR count). The first-order chi connectivity index (χ1) is 8.40. The first-order valence-corrected chi connectivity index (χ1v) is 8.95. The van der Waals surface area contributed by atoms with Crippen LogP contribution in [-0.4, -0.2) is 0 Å². The maximum Gasteiger partial charge on any atom is 0.0843 e. The second kappa shape index (κ2) is 5.96. The zero-order valence-corrected chi connectivity index (χ0v) is 16.1. The quantitative estimate of drug-likeness (QED) is 0.411. The lowest BCUT2D eigenvalue weighted by molar-refractivity contribution is 1.19. The summed E-state index contributed by atoms with van der Waals surface area (Å²) in [5.41, 5.74) is 3.59. The van der Waals surface area contributed by atoms with Gasteiger partial charge in [0.25, 0.3) is 0 Å². The van der Waals surface area contributed by atoms with Crippen LogP contribution in [0.1, 0.15) is 26.4 Å². The molecule has 96 valence electrons. The highest BCUT2D eigenvalue weighted by Gasteiger charge is 2.18. The minimum atomic E-state index is 0.122. The molecule has 0 aliphatic carbocycles. The van der Waals surface area contributed by atoms with Gasteiger partial charge in [0.1, 0.15) is 0 Å². The Hall–Kier alpha value is 0.650.